The number of fused-ring (bicyclic) bond motifs is 3. The quantitative estimate of drug-likeness (QED) is 0.0722. The number of aromatic nitrogens is 1. The number of alkyl halides is 2. The molecule has 35 heavy (non-hydrogen) atoms. The van der Waals surface area contributed by atoms with Crippen molar-refractivity contribution in [3.63, 3.8) is 0 Å². The van der Waals surface area contributed by atoms with Gasteiger partial charge in [-0.2, -0.15) is 0 Å². The number of nitrogens with zero attached hydrogens (tertiary/aromatic N) is 2. The number of anilines is 2. The number of hydrogen-bond donors (Lipinski definition) is 5. The van der Waals surface area contributed by atoms with E-state index in [0.29, 0.717) is 77.0 Å². The highest BCUT2D eigenvalue weighted by molar-refractivity contribution is 6.35. The molecule has 1 aromatic heterocycles. The molecule has 0 radical (unpaired) electrons. The normalized spacial score (nSPS) is 13.7. The van der Waals surface area contributed by atoms with Crippen molar-refractivity contribution in [3.05, 3.63) is 58.8 Å². The number of nitrogens with two attached hydrogens (primary N) is 2. The summed E-state index contributed by atoms with van der Waals surface area (Å²) in [4.78, 5) is 39.0. The smallest absolute Gasteiger partial charge is 0.196 e. The van der Waals surface area contributed by atoms with E-state index in [0.717, 1.165) is 5.39 Å². The first-order valence-corrected chi connectivity index (χ1v) is 12.1. The summed E-state index contributed by atoms with van der Waals surface area (Å²) in [6.45, 7) is 1.50. The number of hydrogen-bond acceptors (Lipinski definition) is 6. The van der Waals surface area contributed by atoms with Crippen LogP contribution >= 0.6 is 23.2 Å². The third kappa shape index (κ3) is 4.82. The molecule has 1 heterocycles. The minimum atomic E-state index is -0.231. The van der Waals surface area contributed by atoms with Gasteiger partial charge >= 0.3 is 0 Å². The lowest BCUT2D eigenvalue weighted by Gasteiger charge is -2.25. The number of carbonyl (C=O) groups excluding carboxylic acids is 2. The van der Waals surface area contributed by atoms with Crippen molar-refractivity contribution >= 4 is 68.7 Å². The first-order valence-electron chi connectivity index (χ1n) is 11.0. The van der Waals surface area contributed by atoms with Crippen LogP contribution in [0.4, 0.5) is 11.4 Å². The molecule has 0 saturated carbocycles. The van der Waals surface area contributed by atoms with Crippen molar-refractivity contribution in [2.75, 3.05) is 48.6 Å². The van der Waals surface area contributed by atoms with Gasteiger partial charge in [0.1, 0.15) is 11.7 Å². The Morgan fingerprint density at radius 1 is 0.829 bits per heavy atom. The van der Waals surface area contributed by atoms with Crippen molar-refractivity contribution in [1.82, 2.24) is 4.98 Å². The summed E-state index contributed by atoms with van der Waals surface area (Å²) in [6.07, 6.45) is 1.77. The van der Waals surface area contributed by atoms with Gasteiger partial charge in [0.15, 0.2) is 11.6 Å². The molecule has 0 bridgehead atoms. The lowest BCUT2D eigenvalue weighted by atomic mass is 9.81. The van der Waals surface area contributed by atoms with E-state index >= 15 is 0 Å². The summed E-state index contributed by atoms with van der Waals surface area (Å²) in [5, 5.41) is 7.36. The van der Waals surface area contributed by atoms with Crippen LogP contribution in [0.1, 0.15) is 31.8 Å². The number of nitrogens with one attached hydrogen (secondary N) is 3. The van der Waals surface area contributed by atoms with Crippen LogP contribution in [-0.4, -0.2) is 66.2 Å². The molecule has 1 aliphatic carbocycles. The molecule has 9 nitrogen and oxygen atoms in total. The summed E-state index contributed by atoms with van der Waals surface area (Å²) >= 11 is 11.4. The number of halogens is 2. The van der Waals surface area contributed by atoms with Gasteiger partial charge in [0.2, 0.25) is 0 Å². The Morgan fingerprint density at radius 3 is 1.89 bits per heavy atom. The fourth-order valence-electron chi connectivity index (χ4n) is 4.10. The third-order valence-electron chi connectivity index (χ3n) is 5.62. The van der Waals surface area contributed by atoms with Gasteiger partial charge < -0.3 is 27.1 Å². The SMILES string of the molecule is NC(CCl)=NCCNc1c2c(c(NCCN=C(N)CCl)c3[nH]ccc13)C(=O)c1ccccc1C2=O. The molecule has 3 aromatic rings. The zero-order valence-electron chi connectivity index (χ0n) is 18.8. The molecular weight excluding hydrogens is 489 g/mol. The van der Waals surface area contributed by atoms with Crippen LogP contribution in [0.3, 0.4) is 0 Å². The van der Waals surface area contributed by atoms with E-state index in [-0.39, 0.29) is 23.3 Å². The zero-order valence-corrected chi connectivity index (χ0v) is 20.3. The maximum absolute atomic E-state index is 13.7. The van der Waals surface area contributed by atoms with Gasteiger partial charge in [-0.1, -0.05) is 24.3 Å². The van der Waals surface area contributed by atoms with Crippen molar-refractivity contribution in [1.29, 1.82) is 0 Å². The minimum Gasteiger partial charge on any atom is -0.386 e. The summed E-state index contributed by atoms with van der Waals surface area (Å²) in [5.74, 6) is 0.489. The number of rotatable bonds is 10. The summed E-state index contributed by atoms with van der Waals surface area (Å²) < 4.78 is 0. The maximum atomic E-state index is 13.7. The van der Waals surface area contributed by atoms with E-state index in [1.165, 1.54) is 0 Å². The van der Waals surface area contributed by atoms with Gasteiger partial charge in [-0.25, -0.2) is 0 Å². The second-order valence-electron chi connectivity index (χ2n) is 7.84. The number of aliphatic imine (C=N–C) groups is 2. The lowest BCUT2D eigenvalue weighted by molar-refractivity contribution is 0.0980. The largest absolute Gasteiger partial charge is 0.386 e. The molecule has 7 N–H and O–H groups in total. The van der Waals surface area contributed by atoms with Gasteiger partial charge in [-0.3, -0.25) is 19.6 Å². The molecule has 1 aliphatic rings. The van der Waals surface area contributed by atoms with Crippen molar-refractivity contribution < 1.29 is 9.59 Å². The van der Waals surface area contributed by atoms with Crippen molar-refractivity contribution in [2.45, 2.75) is 0 Å². The Hall–Kier alpha value is -3.56. The van der Waals surface area contributed by atoms with E-state index in [9.17, 15) is 9.59 Å². The standard InChI is InChI=1S/C24H25Cl2N7O2/c25-11-16(27)29-7-9-32-20-15-5-6-31-21(15)22(33-10-8-30-17(28)12-26)19-18(20)23(34)13-3-1-2-4-14(13)24(19)35/h1-6,31-33H,7-12H2,(H2,27,29)(H2,28,30). The number of carbonyl (C=O) groups is 2. The van der Waals surface area contributed by atoms with E-state index in [1.54, 1.807) is 30.5 Å². The molecule has 0 unspecified atom stereocenters. The van der Waals surface area contributed by atoms with E-state index in [4.69, 9.17) is 34.7 Å². The Morgan fingerprint density at radius 2 is 1.34 bits per heavy atom. The predicted octanol–water partition coefficient (Wildman–Crippen LogP) is 2.96. The summed E-state index contributed by atoms with van der Waals surface area (Å²) in [5.41, 5.74) is 14.6. The fraction of sp³-hybridized carbons (Fsp3) is 0.250. The molecule has 0 amide bonds. The molecule has 11 heteroatoms. The second kappa shape index (κ2) is 10.8. The van der Waals surface area contributed by atoms with E-state index < -0.39 is 0 Å². The zero-order chi connectivity index (χ0) is 24.9. The maximum Gasteiger partial charge on any atom is 0.196 e. The lowest BCUT2D eigenvalue weighted by Crippen LogP contribution is -2.25. The topological polar surface area (TPSA) is 151 Å². The molecule has 0 spiro atoms. The molecule has 0 aliphatic heterocycles. The van der Waals surface area contributed by atoms with Gasteiger partial charge in [-0.05, 0) is 6.07 Å². The van der Waals surface area contributed by atoms with E-state index in [2.05, 4.69) is 25.6 Å². The Labute approximate surface area is 212 Å². The Bertz CT molecular complexity index is 1250. The highest BCUT2D eigenvalue weighted by Gasteiger charge is 2.36. The first kappa shape index (κ1) is 24.6. The third-order valence-corrected chi connectivity index (χ3v) is 6.17. The van der Waals surface area contributed by atoms with Gasteiger partial charge in [0.05, 0.1) is 52.9 Å². The van der Waals surface area contributed by atoms with Crippen LogP contribution in [0, 0.1) is 0 Å². The van der Waals surface area contributed by atoms with Crippen LogP contribution in [0.25, 0.3) is 10.9 Å². The molecule has 0 saturated heterocycles. The van der Waals surface area contributed by atoms with Crippen LogP contribution in [0.5, 0.6) is 0 Å². The van der Waals surface area contributed by atoms with Gasteiger partial charge in [0, 0.05) is 35.8 Å². The van der Waals surface area contributed by atoms with Crippen LogP contribution < -0.4 is 22.1 Å². The van der Waals surface area contributed by atoms with E-state index in [1.807, 2.05) is 6.07 Å². The second-order valence-corrected chi connectivity index (χ2v) is 8.37. The molecule has 182 valence electrons. The summed E-state index contributed by atoms with van der Waals surface area (Å²) in [6, 6.07) is 8.70. The van der Waals surface area contributed by atoms with Crippen LogP contribution in [0.2, 0.25) is 0 Å². The average molecular weight is 514 g/mol. The Balaban J connectivity index is 1.81. The molecule has 4 rings (SSSR count). The van der Waals surface area contributed by atoms with Gasteiger partial charge in [0.25, 0.3) is 0 Å². The molecule has 2 aromatic carbocycles. The molecule has 0 atom stereocenters. The van der Waals surface area contributed by atoms with Crippen LogP contribution in [0.15, 0.2) is 46.5 Å². The van der Waals surface area contributed by atoms with Crippen LogP contribution in [-0.2, 0) is 0 Å². The van der Waals surface area contributed by atoms with Crippen molar-refractivity contribution in [2.24, 2.45) is 21.5 Å². The van der Waals surface area contributed by atoms with Crippen molar-refractivity contribution in [3.8, 4) is 0 Å². The first-order chi connectivity index (χ1) is 17.0. The minimum absolute atomic E-state index is 0.140. The summed E-state index contributed by atoms with van der Waals surface area (Å²) in [7, 11) is 0. The molecular formula is C24H25Cl2N7O2. The Kier molecular flexibility index (Phi) is 7.57. The van der Waals surface area contributed by atoms with Gasteiger partial charge in [-0.15, -0.1) is 23.2 Å². The molecule has 0 fully saturated rings. The fourth-order valence-corrected chi connectivity index (χ4v) is 4.27. The monoisotopic (exact) mass is 513 g/mol. The number of aromatic amines is 1. The number of amidine groups is 2. The number of ketones is 2. The number of H-pyrrole nitrogens is 1. The highest BCUT2D eigenvalue weighted by atomic mass is 35.5. The predicted molar refractivity (Wildman–Crippen MR) is 143 cm³/mol. The highest BCUT2D eigenvalue weighted by Crippen LogP contribution is 2.42. The number of benzene rings is 2. The average Bonchev–Trinajstić information content (AvgIpc) is 3.37.